The summed E-state index contributed by atoms with van der Waals surface area (Å²) in [5, 5.41) is 11.6. The fraction of sp³-hybridized carbons (Fsp3) is 0.556. The van der Waals surface area contributed by atoms with Gasteiger partial charge in [-0.15, -0.1) is 11.3 Å². The van der Waals surface area contributed by atoms with Crippen molar-refractivity contribution in [1.82, 2.24) is 0 Å². The first kappa shape index (κ1) is 9.71. The van der Waals surface area contributed by atoms with Crippen LogP contribution >= 0.6 is 11.3 Å². The van der Waals surface area contributed by atoms with Gasteiger partial charge in [-0.3, -0.25) is 0 Å². The summed E-state index contributed by atoms with van der Waals surface area (Å²) < 4.78 is 4.88. The minimum atomic E-state index is -0.366. The Balaban J connectivity index is 2.47. The lowest BCUT2D eigenvalue weighted by atomic mass is 10.1. The van der Waals surface area contributed by atoms with Crippen LogP contribution in [0.2, 0.25) is 0 Å². The summed E-state index contributed by atoms with van der Waals surface area (Å²) >= 11 is 1.67. The summed E-state index contributed by atoms with van der Waals surface area (Å²) in [4.78, 5) is 1.24. The van der Waals surface area contributed by atoms with Crippen molar-refractivity contribution in [1.29, 1.82) is 0 Å². The third-order valence-corrected chi connectivity index (χ3v) is 2.61. The zero-order chi connectivity index (χ0) is 8.97. The maximum Gasteiger partial charge on any atom is 0.0820 e. The van der Waals surface area contributed by atoms with Crippen LogP contribution < -0.4 is 0 Å². The number of methoxy groups -OCH3 is 1. The van der Waals surface area contributed by atoms with E-state index in [-0.39, 0.29) is 6.10 Å². The van der Waals surface area contributed by atoms with Crippen LogP contribution in [0.3, 0.4) is 0 Å². The molecule has 0 aliphatic heterocycles. The molecular weight excluding hydrogens is 172 g/mol. The molecule has 1 N–H and O–H groups in total. The van der Waals surface area contributed by atoms with Crippen molar-refractivity contribution in [3.05, 3.63) is 21.9 Å². The van der Waals surface area contributed by atoms with Crippen LogP contribution in [0, 0.1) is 6.92 Å². The fourth-order valence-corrected chi connectivity index (χ4v) is 1.79. The van der Waals surface area contributed by atoms with Crippen LogP contribution in [0.5, 0.6) is 0 Å². The third kappa shape index (κ3) is 2.59. The van der Waals surface area contributed by atoms with Crippen molar-refractivity contribution in [2.75, 3.05) is 13.7 Å². The van der Waals surface area contributed by atoms with E-state index in [9.17, 15) is 5.11 Å². The molecule has 1 aromatic rings. The minimum Gasteiger partial charge on any atom is -0.388 e. The van der Waals surface area contributed by atoms with Crippen molar-refractivity contribution in [2.24, 2.45) is 0 Å². The van der Waals surface area contributed by atoms with E-state index in [2.05, 4.69) is 0 Å². The van der Waals surface area contributed by atoms with Crippen LogP contribution in [-0.4, -0.2) is 18.8 Å². The summed E-state index contributed by atoms with van der Waals surface area (Å²) in [6, 6.07) is 2.02. The Morgan fingerprint density at radius 3 is 2.92 bits per heavy atom. The van der Waals surface area contributed by atoms with Crippen molar-refractivity contribution in [3.8, 4) is 0 Å². The molecule has 0 saturated heterocycles. The van der Waals surface area contributed by atoms with Crippen LogP contribution in [-0.2, 0) is 4.74 Å². The summed E-state index contributed by atoms with van der Waals surface area (Å²) in [5.41, 5.74) is 1.01. The molecule has 0 aromatic carbocycles. The lowest BCUT2D eigenvalue weighted by molar-refractivity contribution is 0.111. The van der Waals surface area contributed by atoms with Crippen LogP contribution in [0.4, 0.5) is 0 Å². The first-order chi connectivity index (χ1) is 5.74. The molecule has 1 unspecified atom stereocenters. The summed E-state index contributed by atoms with van der Waals surface area (Å²) in [6.45, 7) is 2.65. The number of hydrogen-bond donors (Lipinski definition) is 1. The molecule has 3 heteroatoms. The Labute approximate surface area is 76.8 Å². The molecule has 0 radical (unpaired) electrons. The highest BCUT2D eigenvalue weighted by Gasteiger charge is 2.07. The van der Waals surface area contributed by atoms with E-state index in [1.54, 1.807) is 18.4 Å². The highest BCUT2D eigenvalue weighted by molar-refractivity contribution is 7.10. The number of aliphatic hydroxyl groups excluding tert-OH is 1. The molecule has 0 bridgehead atoms. The SMILES string of the molecule is COCCC(O)c1csc(C)c1. The van der Waals surface area contributed by atoms with Gasteiger partial charge in [-0.05, 0) is 23.9 Å². The van der Waals surface area contributed by atoms with Crippen molar-refractivity contribution >= 4 is 11.3 Å². The number of thiophene rings is 1. The van der Waals surface area contributed by atoms with Gasteiger partial charge < -0.3 is 9.84 Å². The molecule has 1 atom stereocenters. The number of rotatable bonds is 4. The first-order valence-electron chi connectivity index (χ1n) is 3.96. The molecule has 0 aliphatic rings. The molecule has 1 aromatic heterocycles. The molecule has 0 amide bonds. The second kappa shape index (κ2) is 4.60. The Kier molecular flexibility index (Phi) is 3.72. The number of hydrogen-bond acceptors (Lipinski definition) is 3. The van der Waals surface area contributed by atoms with E-state index < -0.39 is 0 Å². The van der Waals surface area contributed by atoms with Gasteiger partial charge in [0.25, 0.3) is 0 Å². The Morgan fingerprint density at radius 2 is 2.42 bits per heavy atom. The van der Waals surface area contributed by atoms with Crippen molar-refractivity contribution < 1.29 is 9.84 Å². The normalized spacial score (nSPS) is 13.2. The van der Waals surface area contributed by atoms with E-state index in [0.717, 1.165) is 5.56 Å². The zero-order valence-corrected chi connectivity index (χ0v) is 8.23. The summed E-state index contributed by atoms with van der Waals surface area (Å²) in [7, 11) is 1.64. The fourth-order valence-electron chi connectivity index (χ4n) is 1.03. The van der Waals surface area contributed by atoms with Gasteiger partial charge in [0.05, 0.1) is 6.10 Å². The monoisotopic (exact) mass is 186 g/mol. The van der Waals surface area contributed by atoms with Crippen LogP contribution in [0.25, 0.3) is 0 Å². The van der Waals surface area contributed by atoms with Gasteiger partial charge >= 0.3 is 0 Å². The van der Waals surface area contributed by atoms with Gasteiger partial charge in [0.1, 0.15) is 0 Å². The molecule has 2 nitrogen and oxygen atoms in total. The first-order valence-corrected chi connectivity index (χ1v) is 4.84. The van der Waals surface area contributed by atoms with Gasteiger partial charge in [0, 0.05) is 25.0 Å². The second-order valence-electron chi connectivity index (χ2n) is 2.79. The molecule has 0 aliphatic carbocycles. The lowest BCUT2D eigenvalue weighted by Gasteiger charge is -2.06. The van der Waals surface area contributed by atoms with Gasteiger partial charge in [-0.25, -0.2) is 0 Å². The molecule has 0 spiro atoms. The average Bonchev–Trinajstić information content (AvgIpc) is 2.47. The predicted molar refractivity (Wildman–Crippen MR) is 50.5 cm³/mol. The smallest absolute Gasteiger partial charge is 0.0820 e. The molecule has 12 heavy (non-hydrogen) atoms. The summed E-state index contributed by atoms with van der Waals surface area (Å²) in [5.74, 6) is 0. The minimum absolute atomic E-state index is 0.366. The van der Waals surface area contributed by atoms with Crippen molar-refractivity contribution in [2.45, 2.75) is 19.4 Å². The van der Waals surface area contributed by atoms with Crippen LogP contribution in [0.15, 0.2) is 11.4 Å². The quantitative estimate of drug-likeness (QED) is 0.780. The Hall–Kier alpha value is -0.380. The molecule has 1 rings (SSSR count). The average molecular weight is 186 g/mol. The zero-order valence-electron chi connectivity index (χ0n) is 7.41. The third-order valence-electron chi connectivity index (χ3n) is 1.73. The highest BCUT2D eigenvalue weighted by Crippen LogP contribution is 2.22. The molecule has 0 fully saturated rings. The second-order valence-corrected chi connectivity index (χ2v) is 3.90. The maximum absolute atomic E-state index is 9.59. The van der Waals surface area contributed by atoms with E-state index in [1.165, 1.54) is 4.88 Å². The number of aliphatic hydroxyl groups is 1. The highest BCUT2D eigenvalue weighted by atomic mass is 32.1. The topological polar surface area (TPSA) is 29.5 Å². The van der Waals surface area contributed by atoms with Gasteiger partial charge in [-0.2, -0.15) is 0 Å². The van der Waals surface area contributed by atoms with E-state index >= 15 is 0 Å². The molecule has 68 valence electrons. The van der Waals surface area contributed by atoms with E-state index in [0.29, 0.717) is 13.0 Å². The standard InChI is InChI=1S/C9H14O2S/c1-7-5-8(6-12-7)9(10)3-4-11-2/h5-6,9-10H,3-4H2,1-2H3. The van der Waals surface area contributed by atoms with E-state index in [1.807, 2.05) is 18.4 Å². The molecule has 1 heterocycles. The Morgan fingerprint density at radius 1 is 1.67 bits per heavy atom. The maximum atomic E-state index is 9.59. The van der Waals surface area contributed by atoms with Crippen molar-refractivity contribution in [3.63, 3.8) is 0 Å². The van der Waals surface area contributed by atoms with Gasteiger partial charge in [0.2, 0.25) is 0 Å². The number of aryl methyl sites for hydroxylation is 1. The van der Waals surface area contributed by atoms with Crippen LogP contribution in [0.1, 0.15) is 23.0 Å². The summed E-state index contributed by atoms with van der Waals surface area (Å²) in [6.07, 6.45) is 0.307. The van der Waals surface area contributed by atoms with E-state index in [4.69, 9.17) is 4.74 Å². The number of ether oxygens (including phenoxy) is 1. The lowest BCUT2D eigenvalue weighted by Crippen LogP contribution is -2.00. The largest absolute Gasteiger partial charge is 0.388 e. The Bertz CT molecular complexity index is 232. The molecular formula is C9H14O2S. The predicted octanol–water partition coefficient (Wildman–Crippen LogP) is 2.13. The van der Waals surface area contributed by atoms with Gasteiger partial charge in [0.15, 0.2) is 0 Å². The molecule has 0 saturated carbocycles. The van der Waals surface area contributed by atoms with Gasteiger partial charge in [-0.1, -0.05) is 0 Å².